The van der Waals surface area contributed by atoms with Crippen LogP contribution in [0.4, 0.5) is 5.69 Å². The predicted octanol–water partition coefficient (Wildman–Crippen LogP) is 4.19. The van der Waals surface area contributed by atoms with Crippen LogP contribution < -0.4 is 14.9 Å². The van der Waals surface area contributed by atoms with Crippen LogP contribution in [0.1, 0.15) is 17.0 Å². The molecule has 0 bridgehead atoms. The number of hydrogen-bond acceptors (Lipinski definition) is 6. The molecule has 0 aliphatic rings. The molecule has 1 aromatic heterocycles. The van der Waals surface area contributed by atoms with Crippen molar-refractivity contribution in [3.63, 3.8) is 0 Å². The van der Waals surface area contributed by atoms with Crippen LogP contribution in [0, 0.1) is 24.0 Å². The molecule has 3 rings (SSSR count). The molecule has 0 aliphatic carbocycles. The molecule has 0 fully saturated rings. The lowest BCUT2D eigenvalue weighted by Crippen LogP contribution is -2.24. The van der Waals surface area contributed by atoms with Crippen LogP contribution in [0.25, 0.3) is 5.69 Å². The average molecular weight is 457 g/mol. The van der Waals surface area contributed by atoms with E-state index >= 15 is 0 Å². The largest absolute Gasteiger partial charge is 0.495 e. The lowest BCUT2D eigenvalue weighted by molar-refractivity contribution is -0.384. The van der Waals surface area contributed by atoms with Gasteiger partial charge in [0.15, 0.2) is 6.61 Å². The molecule has 166 valence electrons. The second-order valence-corrected chi connectivity index (χ2v) is 7.19. The third kappa shape index (κ3) is 5.06. The molecular formula is C22H21ClN4O5. The molecule has 1 amide bonds. The van der Waals surface area contributed by atoms with E-state index in [1.54, 1.807) is 30.3 Å². The van der Waals surface area contributed by atoms with Crippen LogP contribution >= 0.6 is 11.6 Å². The van der Waals surface area contributed by atoms with Crippen LogP contribution in [-0.2, 0) is 4.79 Å². The van der Waals surface area contributed by atoms with Gasteiger partial charge in [-0.05, 0) is 38.1 Å². The third-order valence-corrected chi connectivity index (χ3v) is 4.98. The maximum Gasteiger partial charge on any atom is 0.277 e. The third-order valence-electron chi connectivity index (χ3n) is 4.67. The number of halogens is 1. The number of carbonyl (C=O) groups is 1. The van der Waals surface area contributed by atoms with Crippen molar-refractivity contribution in [1.82, 2.24) is 9.99 Å². The zero-order valence-electron chi connectivity index (χ0n) is 17.7. The summed E-state index contributed by atoms with van der Waals surface area (Å²) in [7, 11) is 1.50. The number of nitro benzene ring substituents is 1. The van der Waals surface area contributed by atoms with Gasteiger partial charge in [-0.3, -0.25) is 14.9 Å². The number of benzene rings is 2. The number of amides is 1. The topological polar surface area (TPSA) is 108 Å². The van der Waals surface area contributed by atoms with Crippen molar-refractivity contribution in [2.75, 3.05) is 13.7 Å². The Kier molecular flexibility index (Phi) is 7.11. The number of non-ortho nitro benzene ring substituents is 1. The highest BCUT2D eigenvalue weighted by atomic mass is 35.5. The van der Waals surface area contributed by atoms with Gasteiger partial charge in [0.1, 0.15) is 11.5 Å². The number of hydrogen-bond donors (Lipinski definition) is 1. The monoisotopic (exact) mass is 456 g/mol. The number of ether oxygens (including phenoxy) is 2. The zero-order chi connectivity index (χ0) is 23.3. The van der Waals surface area contributed by atoms with E-state index in [4.69, 9.17) is 21.1 Å². The molecule has 10 heteroatoms. The van der Waals surface area contributed by atoms with Crippen LogP contribution in [0.15, 0.2) is 53.6 Å². The highest BCUT2D eigenvalue weighted by Crippen LogP contribution is 2.31. The number of carbonyl (C=O) groups excluding carboxylic acids is 1. The molecule has 0 saturated carbocycles. The van der Waals surface area contributed by atoms with Gasteiger partial charge in [-0.2, -0.15) is 5.10 Å². The smallest absolute Gasteiger partial charge is 0.277 e. The first-order valence-electron chi connectivity index (χ1n) is 9.52. The summed E-state index contributed by atoms with van der Waals surface area (Å²) in [5, 5.41) is 15.6. The van der Waals surface area contributed by atoms with Crippen molar-refractivity contribution in [2.45, 2.75) is 13.8 Å². The van der Waals surface area contributed by atoms with E-state index in [-0.39, 0.29) is 12.3 Å². The minimum atomic E-state index is -0.459. The Labute approximate surface area is 189 Å². The van der Waals surface area contributed by atoms with Crippen molar-refractivity contribution in [2.24, 2.45) is 5.10 Å². The SMILES string of the molecule is COc1ccc([N+](=O)[O-])cc1-n1c(C)cc(/C=N\NC(=O)COc2ccccc2Cl)c1C. The van der Waals surface area contributed by atoms with Crippen molar-refractivity contribution < 1.29 is 19.2 Å². The van der Waals surface area contributed by atoms with E-state index in [0.29, 0.717) is 22.2 Å². The Bertz CT molecular complexity index is 1190. The minimum absolute atomic E-state index is 0.0469. The van der Waals surface area contributed by atoms with E-state index < -0.39 is 10.8 Å². The molecule has 0 atom stereocenters. The second-order valence-electron chi connectivity index (χ2n) is 6.79. The number of nitro groups is 1. The number of methoxy groups -OCH3 is 1. The number of aryl methyl sites for hydroxylation is 1. The molecule has 0 saturated heterocycles. The van der Waals surface area contributed by atoms with Crippen molar-refractivity contribution >= 4 is 29.4 Å². The number of hydrazone groups is 1. The van der Waals surface area contributed by atoms with Crippen LogP contribution in [0.5, 0.6) is 11.5 Å². The first kappa shape index (κ1) is 22.8. The van der Waals surface area contributed by atoms with E-state index in [1.165, 1.54) is 25.5 Å². The van der Waals surface area contributed by atoms with Gasteiger partial charge in [-0.25, -0.2) is 5.43 Å². The van der Waals surface area contributed by atoms with Gasteiger partial charge in [-0.15, -0.1) is 0 Å². The normalized spacial score (nSPS) is 10.9. The summed E-state index contributed by atoms with van der Waals surface area (Å²) in [6, 6.07) is 13.1. The van der Waals surface area contributed by atoms with Crippen LogP contribution in [0.3, 0.4) is 0 Å². The second kappa shape index (κ2) is 9.97. The fourth-order valence-electron chi connectivity index (χ4n) is 3.17. The summed E-state index contributed by atoms with van der Waals surface area (Å²) in [4.78, 5) is 22.7. The molecule has 1 heterocycles. The molecule has 0 aliphatic heterocycles. The van der Waals surface area contributed by atoms with E-state index in [9.17, 15) is 14.9 Å². The number of nitrogens with zero attached hydrogens (tertiary/aromatic N) is 3. The zero-order valence-corrected chi connectivity index (χ0v) is 18.4. The predicted molar refractivity (Wildman–Crippen MR) is 121 cm³/mol. The summed E-state index contributed by atoms with van der Waals surface area (Å²) in [6.07, 6.45) is 1.50. The van der Waals surface area contributed by atoms with Gasteiger partial charge >= 0.3 is 0 Å². The Balaban J connectivity index is 1.74. The molecule has 3 aromatic rings. The number of aromatic nitrogens is 1. The quantitative estimate of drug-likeness (QED) is 0.310. The van der Waals surface area contributed by atoms with Gasteiger partial charge in [-0.1, -0.05) is 23.7 Å². The first-order chi connectivity index (χ1) is 15.3. The summed E-state index contributed by atoms with van der Waals surface area (Å²) in [5.41, 5.74) is 5.20. The Morgan fingerprint density at radius 3 is 2.66 bits per heavy atom. The maximum atomic E-state index is 12.0. The molecule has 0 unspecified atom stereocenters. The van der Waals surface area contributed by atoms with E-state index in [1.807, 2.05) is 24.5 Å². The van der Waals surface area contributed by atoms with E-state index in [0.717, 1.165) is 17.0 Å². The van der Waals surface area contributed by atoms with Crippen molar-refractivity contribution in [3.8, 4) is 17.2 Å². The van der Waals surface area contributed by atoms with Crippen molar-refractivity contribution in [3.05, 3.63) is 80.6 Å². The van der Waals surface area contributed by atoms with Gasteiger partial charge in [0.05, 0.1) is 29.0 Å². The standard InChI is InChI=1S/C22H21ClN4O5/c1-14-10-16(12-24-25-22(28)13-32-20-7-5-4-6-18(20)23)15(2)26(14)19-11-17(27(29)30)8-9-21(19)31-3/h4-12H,13H2,1-3H3,(H,25,28)/b24-12-. The Morgan fingerprint density at radius 1 is 1.22 bits per heavy atom. The summed E-state index contributed by atoms with van der Waals surface area (Å²) in [5.74, 6) is 0.448. The Hall–Kier alpha value is -3.85. The molecule has 0 spiro atoms. The minimum Gasteiger partial charge on any atom is -0.495 e. The molecule has 2 aromatic carbocycles. The molecular weight excluding hydrogens is 436 g/mol. The lowest BCUT2D eigenvalue weighted by Gasteiger charge is -2.13. The number of nitrogens with one attached hydrogen (secondary N) is 1. The van der Waals surface area contributed by atoms with Gasteiger partial charge in [0, 0.05) is 29.1 Å². The fraction of sp³-hybridized carbons (Fsp3) is 0.182. The molecule has 0 radical (unpaired) electrons. The highest BCUT2D eigenvalue weighted by Gasteiger charge is 2.17. The molecule has 1 N–H and O–H groups in total. The summed E-state index contributed by atoms with van der Waals surface area (Å²) < 4.78 is 12.6. The summed E-state index contributed by atoms with van der Waals surface area (Å²) >= 11 is 5.99. The molecule has 9 nitrogen and oxygen atoms in total. The molecule has 32 heavy (non-hydrogen) atoms. The maximum absolute atomic E-state index is 12.0. The number of rotatable bonds is 8. The number of para-hydroxylation sites is 1. The van der Waals surface area contributed by atoms with E-state index in [2.05, 4.69) is 10.5 Å². The van der Waals surface area contributed by atoms with Crippen molar-refractivity contribution in [1.29, 1.82) is 0 Å². The van der Waals surface area contributed by atoms with Crippen LogP contribution in [-0.4, -0.2) is 35.3 Å². The highest BCUT2D eigenvalue weighted by molar-refractivity contribution is 6.32. The van der Waals surface area contributed by atoms with Gasteiger partial charge in [0.25, 0.3) is 11.6 Å². The lowest BCUT2D eigenvalue weighted by atomic mass is 10.2. The average Bonchev–Trinajstić information content (AvgIpc) is 3.05. The van der Waals surface area contributed by atoms with Gasteiger partial charge < -0.3 is 14.0 Å². The fourth-order valence-corrected chi connectivity index (χ4v) is 3.36. The Morgan fingerprint density at radius 2 is 1.97 bits per heavy atom. The first-order valence-corrected chi connectivity index (χ1v) is 9.90. The van der Waals surface area contributed by atoms with Crippen LogP contribution in [0.2, 0.25) is 5.02 Å². The van der Waals surface area contributed by atoms with Gasteiger partial charge in [0.2, 0.25) is 0 Å². The summed E-state index contributed by atoms with van der Waals surface area (Å²) in [6.45, 7) is 3.46.